The fourth-order valence-corrected chi connectivity index (χ4v) is 3.31. The topological polar surface area (TPSA) is 27.7 Å². The Morgan fingerprint density at radius 1 is 1.14 bits per heavy atom. The molecule has 0 spiro atoms. The molecule has 0 aromatic heterocycles. The average molecular weight is 303 g/mol. The molecule has 1 aromatic carbocycles. The minimum absolute atomic E-state index is 0.382. The van der Waals surface area contributed by atoms with E-state index in [1.165, 1.54) is 18.7 Å². The minimum Gasteiger partial charge on any atom is -0.490 e. The minimum atomic E-state index is 0.382. The molecular formula is C18H29N3O. The van der Waals surface area contributed by atoms with Gasteiger partial charge in [-0.2, -0.15) is 0 Å². The van der Waals surface area contributed by atoms with Gasteiger partial charge in [0.05, 0.1) is 0 Å². The van der Waals surface area contributed by atoms with Crippen molar-refractivity contribution in [2.45, 2.75) is 31.9 Å². The van der Waals surface area contributed by atoms with Crippen LogP contribution in [0.25, 0.3) is 0 Å². The molecule has 4 nitrogen and oxygen atoms in total. The van der Waals surface area contributed by atoms with Gasteiger partial charge in [-0.15, -0.1) is 0 Å². The van der Waals surface area contributed by atoms with Crippen molar-refractivity contribution in [3.8, 4) is 5.75 Å². The van der Waals surface area contributed by atoms with E-state index < -0.39 is 0 Å². The third-order valence-electron chi connectivity index (χ3n) is 4.78. The summed E-state index contributed by atoms with van der Waals surface area (Å²) in [4.78, 5) is 4.91. The van der Waals surface area contributed by atoms with Crippen LogP contribution in [0.3, 0.4) is 0 Å². The number of hydrogen-bond donors (Lipinski definition) is 1. The van der Waals surface area contributed by atoms with Crippen molar-refractivity contribution in [2.24, 2.45) is 0 Å². The summed E-state index contributed by atoms with van der Waals surface area (Å²) in [6, 6.07) is 9.12. The van der Waals surface area contributed by atoms with E-state index in [2.05, 4.69) is 53.4 Å². The second-order valence-corrected chi connectivity index (χ2v) is 6.84. The van der Waals surface area contributed by atoms with Crippen LogP contribution in [0.15, 0.2) is 24.3 Å². The van der Waals surface area contributed by atoms with Gasteiger partial charge in [0.15, 0.2) is 0 Å². The van der Waals surface area contributed by atoms with E-state index in [1.54, 1.807) is 0 Å². The van der Waals surface area contributed by atoms with Gasteiger partial charge in [0.1, 0.15) is 11.9 Å². The molecular weight excluding hydrogens is 274 g/mol. The molecule has 0 atom stereocenters. The summed E-state index contributed by atoms with van der Waals surface area (Å²) in [6.45, 7) is 9.10. The third kappa shape index (κ3) is 4.45. The lowest BCUT2D eigenvalue weighted by atomic mass is 10.1. The van der Waals surface area contributed by atoms with Crippen LogP contribution < -0.4 is 10.1 Å². The van der Waals surface area contributed by atoms with Crippen molar-refractivity contribution in [1.29, 1.82) is 0 Å². The van der Waals surface area contributed by atoms with Crippen LogP contribution in [-0.4, -0.2) is 68.3 Å². The molecule has 1 N–H and O–H groups in total. The zero-order valence-electron chi connectivity index (χ0n) is 13.9. The highest BCUT2D eigenvalue weighted by atomic mass is 16.5. The number of rotatable bonds is 6. The summed E-state index contributed by atoms with van der Waals surface area (Å²) in [5.74, 6) is 1.01. The van der Waals surface area contributed by atoms with E-state index in [1.807, 2.05) is 0 Å². The molecule has 1 aromatic rings. The van der Waals surface area contributed by atoms with Crippen molar-refractivity contribution in [3.63, 3.8) is 0 Å². The second-order valence-electron chi connectivity index (χ2n) is 6.84. The second kappa shape index (κ2) is 7.44. The highest BCUT2D eigenvalue weighted by Crippen LogP contribution is 2.19. The van der Waals surface area contributed by atoms with E-state index in [0.717, 1.165) is 44.8 Å². The number of hydrogen-bond acceptors (Lipinski definition) is 4. The van der Waals surface area contributed by atoms with Crippen molar-refractivity contribution in [2.75, 3.05) is 46.3 Å². The summed E-state index contributed by atoms with van der Waals surface area (Å²) in [5, 5.41) is 3.64. The Hall–Kier alpha value is -1.10. The lowest BCUT2D eigenvalue weighted by Crippen LogP contribution is -2.57. The monoisotopic (exact) mass is 303 g/mol. The van der Waals surface area contributed by atoms with E-state index in [4.69, 9.17) is 4.74 Å². The molecule has 122 valence electrons. The Balaban J connectivity index is 1.31. The van der Waals surface area contributed by atoms with E-state index in [0.29, 0.717) is 12.1 Å². The van der Waals surface area contributed by atoms with Crippen LogP contribution in [0.1, 0.15) is 18.4 Å². The molecule has 2 fully saturated rings. The average Bonchev–Trinajstić information content (AvgIpc) is 2.49. The number of piperidine rings is 1. The molecule has 2 saturated heterocycles. The van der Waals surface area contributed by atoms with E-state index in [9.17, 15) is 0 Å². The van der Waals surface area contributed by atoms with Gasteiger partial charge in [0.2, 0.25) is 0 Å². The van der Waals surface area contributed by atoms with E-state index >= 15 is 0 Å². The largest absolute Gasteiger partial charge is 0.490 e. The Morgan fingerprint density at radius 3 is 2.45 bits per heavy atom. The van der Waals surface area contributed by atoms with Crippen molar-refractivity contribution in [1.82, 2.24) is 15.1 Å². The first-order chi connectivity index (χ1) is 10.7. The van der Waals surface area contributed by atoms with Crippen molar-refractivity contribution < 1.29 is 4.74 Å². The first-order valence-electron chi connectivity index (χ1n) is 8.56. The van der Waals surface area contributed by atoms with Crippen LogP contribution in [0.5, 0.6) is 5.75 Å². The molecule has 2 aliphatic rings. The molecule has 0 saturated carbocycles. The van der Waals surface area contributed by atoms with Gasteiger partial charge >= 0.3 is 0 Å². The molecule has 4 heteroatoms. The first kappa shape index (κ1) is 15.8. The van der Waals surface area contributed by atoms with Crippen LogP contribution in [-0.2, 0) is 0 Å². The van der Waals surface area contributed by atoms with Gasteiger partial charge in [-0.05, 0) is 38.9 Å². The lowest BCUT2D eigenvalue weighted by Gasteiger charge is -2.38. The Kier molecular flexibility index (Phi) is 5.34. The number of nitrogens with zero attached hydrogens (tertiary/aromatic N) is 2. The Morgan fingerprint density at radius 2 is 1.82 bits per heavy atom. The maximum absolute atomic E-state index is 6.09. The highest BCUT2D eigenvalue weighted by Gasteiger charge is 2.23. The Labute approximate surface area is 134 Å². The van der Waals surface area contributed by atoms with Gasteiger partial charge in [-0.1, -0.05) is 17.7 Å². The fourth-order valence-electron chi connectivity index (χ4n) is 3.31. The molecule has 2 aliphatic heterocycles. The fraction of sp³-hybridized carbons (Fsp3) is 0.667. The predicted octanol–water partition coefficient (Wildman–Crippen LogP) is 1.74. The summed E-state index contributed by atoms with van der Waals surface area (Å²) in [7, 11) is 2.18. The molecule has 0 bridgehead atoms. The SMILES string of the molecule is Cc1ccc(OC2CCN(CCNC3CN(C)C3)CC2)cc1. The number of likely N-dealkylation sites (tertiary alicyclic amines) is 2. The molecule has 0 amide bonds. The van der Waals surface area contributed by atoms with Gasteiger partial charge in [0.25, 0.3) is 0 Å². The van der Waals surface area contributed by atoms with Crippen LogP contribution in [0.4, 0.5) is 0 Å². The summed E-state index contributed by atoms with van der Waals surface area (Å²) >= 11 is 0. The van der Waals surface area contributed by atoms with Gasteiger partial charge < -0.3 is 19.9 Å². The third-order valence-corrected chi connectivity index (χ3v) is 4.78. The van der Waals surface area contributed by atoms with Crippen LogP contribution in [0.2, 0.25) is 0 Å². The normalized spacial score (nSPS) is 21.7. The maximum Gasteiger partial charge on any atom is 0.119 e. The quantitative estimate of drug-likeness (QED) is 0.866. The summed E-state index contributed by atoms with van der Waals surface area (Å²) in [6.07, 6.45) is 2.66. The number of ether oxygens (including phenoxy) is 1. The van der Waals surface area contributed by atoms with Gasteiger partial charge in [-0.3, -0.25) is 0 Å². The smallest absolute Gasteiger partial charge is 0.119 e. The summed E-state index contributed by atoms with van der Waals surface area (Å²) in [5.41, 5.74) is 1.28. The molecule has 22 heavy (non-hydrogen) atoms. The highest BCUT2D eigenvalue weighted by molar-refractivity contribution is 5.26. The van der Waals surface area contributed by atoms with E-state index in [-0.39, 0.29) is 0 Å². The van der Waals surface area contributed by atoms with Gasteiger partial charge in [-0.25, -0.2) is 0 Å². The molecule has 0 aliphatic carbocycles. The number of likely N-dealkylation sites (N-methyl/N-ethyl adjacent to an activating group) is 1. The number of benzene rings is 1. The van der Waals surface area contributed by atoms with Crippen LogP contribution >= 0.6 is 0 Å². The predicted molar refractivity (Wildman–Crippen MR) is 90.6 cm³/mol. The number of aryl methyl sites for hydroxylation is 1. The zero-order valence-corrected chi connectivity index (χ0v) is 13.9. The Bertz CT molecular complexity index is 448. The molecule has 3 rings (SSSR count). The van der Waals surface area contributed by atoms with Crippen molar-refractivity contribution >= 4 is 0 Å². The lowest BCUT2D eigenvalue weighted by molar-refractivity contribution is 0.0972. The van der Waals surface area contributed by atoms with Gasteiger partial charge in [0, 0.05) is 45.3 Å². The zero-order chi connectivity index (χ0) is 15.4. The maximum atomic E-state index is 6.09. The standard InChI is InChI=1S/C18H29N3O/c1-15-3-5-17(6-4-15)22-18-7-10-21(11-8-18)12-9-19-16-13-20(2)14-16/h3-6,16,18-19H,7-14H2,1-2H3. The summed E-state index contributed by atoms with van der Waals surface area (Å²) < 4.78 is 6.09. The molecule has 2 heterocycles. The van der Waals surface area contributed by atoms with Crippen LogP contribution in [0, 0.1) is 6.92 Å². The first-order valence-corrected chi connectivity index (χ1v) is 8.56. The molecule has 0 unspecified atom stereocenters. The van der Waals surface area contributed by atoms with Crippen molar-refractivity contribution in [3.05, 3.63) is 29.8 Å². The molecule has 0 radical (unpaired) electrons. The number of nitrogens with one attached hydrogen (secondary N) is 1.